The van der Waals surface area contributed by atoms with Crippen molar-refractivity contribution in [3.8, 4) is 0 Å². The molecule has 10 nitrogen and oxygen atoms in total. The summed E-state index contributed by atoms with van der Waals surface area (Å²) < 4.78 is 43.2. The highest BCUT2D eigenvalue weighted by Gasteiger charge is 2.46. The molecule has 3 atom stereocenters. The Balaban J connectivity index is 5.50. The quantitative estimate of drug-likeness (QED) is 0.0408. The third-order valence-corrected chi connectivity index (χ3v) is 23.5. The maximum Gasteiger partial charge on any atom is 0.333 e. The highest BCUT2D eigenvalue weighted by molar-refractivity contribution is 6.89. The Morgan fingerprint density at radius 2 is 1.26 bits per heavy atom. The molecule has 0 aliphatic rings. The van der Waals surface area contributed by atoms with E-state index in [-0.39, 0.29) is 24.6 Å². The van der Waals surface area contributed by atoms with E-state index in [4.69, 9.17) is 36.4 Å². The summed E-state index contributed by atoms with van der Waals surface area (Å²) >= 11 is 0. The lowest BCUT2D eigenvalue weighted by atomic mass is 10.1. The van der Waals surface area contributed by atoms with Crippen LogP contribution >= 0.6 is 0 Å². The molecule has 0 radical (unpaired) electrons. The van der Waals surface area contributed by atoms with Gasteiger partial charge in [-0.3, -0.25) is 0 Å². The molecule has 0 fully saturated rings. The zero-order valence-electron chi connectivity index (χ0n) is 30.9. The van der Waals surface area contributed by atoms with Gasteiger partial charge in [-0.1, -0.05) is 27.0 Å². The van der Waals surface area contributed by atoms with Gasteiger partial charge in [0.2, 0.25) is 0 Å². The van der Waals surface area contributed by atoms with Crippen molar-refractivity contribution in [3.63, 3.8) is 0 Å². The number of hydrogen-bond donors (Lipinski definition) is 1. The SMILES string of the molecule is C=C(C)C(=O)OCCC[Si](C)(C)O[Si](C)(C)O[Si](C)(CC(C)CCOCC(CC)OCCO)O[Si](C)(C)CCCOC(=O)C(=C)C. The Kier molecular flexibility index (Phi) is 21.4. The predicted molar refractivity (Wildman–Crippen MR) is 194 cm³/mol. The second kappa shape index (κ2) is 21.9. The van der Waals surface area contributed by atoms with Crippen molar-refractivity contribution >= 4 is 45.7 Å². The van der Waals surface area contributed by atoms with Crippen molar-refractivity contribution in [1.29, 1.82) is 0 Å². The summed E-state index contributed by atoms with van der Waals surface area (Å²) in [7, 11) is -9.71. The number of carbonyl (C=O) groups excluding carboxylic acids is 2. The Morgan fingerprint density at radius 1 is 0.761 bits per heavy atom. The third-order valence-electron chi connectivity index (χ3n) is 7.16. The first-order valence-corrected chi connectivity index (χ1v) is 28.3. The van der Waals surface area contributed by atoms with Crippen molar-refractivity contribution in [1.82, 2.24) is 0 Å². The summed E-state index contributed by atoms with van der Waals surface area (Å²) in [6, 6.07) is 2.47. The summed E-state index contributed by atoms with van der Waals surface area (Å²) in [6.07, 6.45) is 3.11. The van der Waals surface area contributed by atoms with Crippen LogP contribution in [-0.4, -0.2) is 96.5 Å². The van der Waals surface area contributed by atoms with Crippen LogP contribution < -0.4 is 0 Å². The molecule has 0 saturated carbocycles. The Hall–Kier alpha value is -0.952. The highest BCUT2D eigenvalue weighted by Crippen LogP contribution is 2.32. The normalized spacial score (nSPS) is 15.1. The van der Waals surface area contributed by atoms with Gasteiger partial charge in [-0.2, -0.15) is 0 Å². The lowest BCUT2D eigenvalue weighted by Gasteiger charge is -2.43. The molecule has 0 aromatic carbocycles. The van der Waals surface area contributed by atoms with Gasteiger partial charge in [0.25, 0.3) is 0 Å². The molecule has 46 heavy (non-hydrogen) atoms. The van der Waals surface area contributed by atoms with Crippen molar-refractivity contribution in [2.75, 3.05) is 39.6 Å². The van der Waals surface area contributed by atoms with Crippen LogP contribution in [0.3, 0.4) is 0 Å². The summed E-state index contributed by atoms with van der Waals surface area (Å²) in [4.78, 5) is 23.6. The monoisotopic (exact) mass is 722 g/mol. The minimum atomic E-state index is -2.74. The second-order valence-electron chi connectivity index (χ2n) is 14.2. The molecule has 0 saturated heterocycles. The predicted octanol–water partition coefficient (Wildman–Crippen LogP) is 7.07. The van der Waals surface area contributed by atoms with Gasteiger partial charge >= 0.3 is 29.1 Å². The van der Waals surface area contributed by atoms with Crippen LogP contribution in [0.15, 0.2) is 24.3 Å². The average Bonchev–Trinajstić information content (AvgIpc) is 2.90. The number of esters is 2. The fourth-order valence-corrected chi connectivity index (χ4v) is 25.5. The van der Waals surface area contributed by atoms with E-state index in [0.29, 0.717) is 50.1 Å². The van der Waals surface area contributed by atoms with E-state index in [0.717, 1.165) is 43.8 Å². The van der Waals surface area contributed by atoms with Gasteiger partial charge in [-0.15, -0.1) is 0 Å². The van der Waals surface area contributed by atoms with E-state index in [1.807, 2.05) is 6.92 Å². The number of ether oxygens (including phenoxy) is 4. The largest absolute Gasteiger partial charge is 0.462 e. The van der Waals surface area contributed by atoms with Crippen LogP contribution in [-0.2, 0) is 40.9 Å². The summed E-state index contributed by atoms with van der Waals surface area (Å²) in [6.45, 7) is 32.1. The van der Waals surface area contributed by atoms with Crippen LogP contribution in [0, 0.1) is 5.92 Å². The maximum absolute atomic E-state index is 11.8. The van der Waals surface area contributed by atoms with Gasteiger partial charge < -0.3 is 36.4 Å². The van der Waals surface area contributed by atoms with Crippen molar-refractivity contribution in [2.24, 2.45) is 5.92 Å². The lowest BCUT2D eigenvalue weighted by Crippen LogP contribution is -2.58. The average molecular weight is 723 g/mol. The van der Waals surface area contributed by atoms with Crippen LogP contribution in [0.5, 0.6) is 0 Å². The molecule has 0 bridgehead atoms. The topological polar surface area (TPSA) is 119 Å². The molecular formula is C32H66O10Si4. The van der Waals surface area contributed by atoms with Crippen molar-refractivity contribution in [3.05, 3.63) is 24.3 Å². The number of rotatable bonds is 27. The van der Waals surface area contributed by atoms with E-state index in [1.54, 1.807) is 13.8 Å². The van der Waals surface area contributed by atoms with Crippen LogP contribution in [0.4, 0.5) is 0 Å². The molecule has 0 spiro atoms. The smallest absolute Gasteiger partial charge is 0.333 e. The number of aliphatic hydroxyl groups is 1. The molecule has 0 rings (SSSR count). The van der Waals surface area contributed by atoms with Crippen LogP contribution in [0.1, 0.15) is 53.4 Å². The van der Waals surface area contributed by atoms with E-state index in [1.165, 1.54) is 0 Å². The standard InChI is InChI=1S/C32H66O10Si4/c1-14-30(37-22-18-33)25-36-21-17-29(6)26-46(13,41-44(9,10)24-16-20-39-32(35)28(4)5)42-45(11,12)40-43(7,8)23-15-19-38-31(34)27(2)3/h29-30,33H,2,4,14-26H2,1,3,5-13H3. The molecule has 270 valence electrons. The highest BCUT2D eigenvalue weighted by atomic mass is 28.5. The first-order chi connectivity index (χ1) is 21.2. The minimum Gasteiger partial charge on any atom is -0.462 e. The summed E-state index contributed by atoms with van der Waals surface area (Å²) in [5, 5.41) is 9.04. The molecule has 3 unspecified atom stereocenters. The first-order valence-electron chi connectivity index (χ1n) is 16.7. The summed E-state index contributed by atoms with van der Waals surface area (Å²) in [5.74, 6) is -0.429. The fourth-order valence-electron chi connectivity index (χ4n) is 5.31. The van der Waals surface area contributed by atoms with E-state index in [2.05, 4.69) is 65.9 Å². The van der Waals surface area contributed by atoms with E-state index < -0.39 is 33.8 Å². The van der Waals surface area contributed by atoms with Gasteiger partial charge in [-0.05, 0) is 109 Å². The van der Waals surface area contributed by atoms with Crippen molar-refractivity contribution < 1.29 is 46.0 Å². The van der Waals surface area contributed by atoms with Crippen LogP contribution in [0.2, 0.25) is 64.0 Å². The molecule has 14 heteroatoms. The Labute approximate surface area is 284 Å². The lowest BCUT2D eigenvalue weighted by molar-refractivity contribution is -0.139. The zero-order valence-corrected chi connectivity index (χ0v) is 34.9. The van der Waals surface area contributed by atoms with E-state index >= 15 is 0 Å². The van der Waals surface area contributed by atoms with Gasteiger partial charge in [0.1, 0.15) is 0 Å². The molecule has 0 aliphatic heterocycles. The first kappa shape index (κ1) is 45.0. The van der Waals surface area contributed by atoms with Crippen molar-refractivity contribution in [2.45, 2.75) is 123 Å². The Morgan fingerprint density at radius 3 is 1.72 bits per heavy atom. The number of aliphatic hydroxyl groups excluding tert-OH is 1. The molecule has 0 heterocycles. The molecule has 0 aromatic rings. The van der Waals surface area contributed by atoms with Gasteiger partial charge in [0.15, 0.2) is 16.6 Å². The number of hydrogen-bond acceptors (Lipinski definition) is 10. The molecule has 1 N–H and O–H groups in total. The fraction of sp³-hybridized carbons (Fsp3) is 0.812. The van der Waals surface area contributed by atoms with Gasteiger partial charge in [-0.25, -0.2) is 9.59 Å². The zero-order chi connectivity index (χ0) is 35.6. The van der Waals surface area contributed by atoms with E-state index in [9.17, 15) is 9.59 Å². The Bertz CT molecular complexity index is 944. The second-order valence-corrected chi connectivity index (χ2v) is 30.2. The third kappa shape index (κ3) is 21.8. The maximum atomic E-state index is 11.8. The molecule has 0 aromatic heterocycles. The molecule has 0 aliphatic carbocycles. The van der Waals surface area contributed by atoms with Gasteiger partial charge in [0, 0.05) is 17.8 Å². The minimum absolute atomic E-state index is 0.00394. The summed E-state index contributed by atoms with van der Waals surface area (Å²) in [5.41, 5.74) is 0.796. The molecule has 0 amide bonds. The molecular weight excluding hydrogens is 657 g/mol. The number of carbonyl (C=O) groups is 2. The van der Waals surface area contributed by atoms with Gasteiger partial charge in [0.05, 0.1) is 39.1 Å². The van der Waals surface area contributed by atoms with Crippen LogP contribution in [0.25, 0.3) is 0 Å².